The number of aryl methyl sites for hydroxylation is 2. The van der Waals surface area contributed by atoms with Gasteiger partial charge in [0.25, 0.3) is 5.91 Å². The van der Waals surface area contributed by atoms with E-state index in [9.17, 15) is 9.59 Å². The second-order valence-corrected chi connectivity index (χ2v) is 6.56. The predicted octanol–water partition coefficient (Wildman–Crippen LogP) is 2.16. The highest BCUT2D eigenvalue weighted by Gasteiger charge is 2.30. The van der Waals surface area contributed by atoms with Gasteiger partial charge in [-0.2, -0.15) is 5.10 Å². The molecule has 1 aromatic heterocycles. The molecule has 138 valence electrons. The smallest absolute Gasteiger partial charge is 0.313 e. The number of carbonyl (C=O) groups is 2. The number of anilines is 1. The topological polar surface area (TPSA) is 82.5 Å². The number of hydrogen-bond acceptors (Lipinski definition) is 5. The molecule has 1 aromatic carbocycles. The van der Waals surface area contributed by atoms with Crippen LogP contribution in [0.3, 0.4) is 0 Å². The summed E-state index contributed by atoms with van der Waals surface area (Å²) >= 11 is 0. The van der Waals surface area contributed by atoms with Gasteiger partial charge in [-0.05, 0) is 38.8 Å². The molecule has 2 atom stereocenters. The lowest BCUT2D eigenvalue weighted by Crippen LogP contribution is -2.36. The van der Waals surface area contributed by atoms with Gasteiger partial charge in [-0.1, -0.05) is 18.2 Å². The number of hydrogen-bond donors (Lipinski definition) is 1. The Kier molecular flexibility index (Phi) is 4.97. The van der Waals surface area contributed by atoms with Crippen molar-refractivity contribution in [1.29, 1.82) is 0 Å². The molecule has 0 saturated carbocycles. The van der Waals surface area contributed by atoms with Gasteiger partial charge in [0, 0.05) is 7.05 Å². The number of aromatic nitrogens is 2. The molecular weight excluding hydrogens is 334 g/mol. The number of nitrogens with zero attached hydrogens (tertiary/aromatic N) is 2. The first kappa shape index (κ1) is 18.0. The lowest BCUT2D eigenvalue weighted by Gasteiger charge is -2.25. The predicted molar refractivity (Wildman–Crippen MR) is 96.0 cm³/mol. The number of benzene rings is 1. The fourth-order valence-corrected chi connectivity index (χ4v) is 2.98. The zero-order valence-electron chi connectivity index (χ0n) is 15.4. The first-order valence-electron chi connectivity index (χ1n) is 8.59. The SMILES string of the molecule is Cc1nn(C)c(C)c1NC(=O)C(C)OC(=O)C1COc2ccccc2C1. The minimum absolute atomic E-state index is 0.255. The van der Waals surface area contributed by atoms with Crippen molar-refractivity contribution in [3.05, 3.63) is 41.2 Å². The summed E-state index contributed by atoms with van der Waals surface area (Å²) in [6.45, 7) is 5.50. The summed E-state index contributed by atoms with van der Waals surface area (Å²) in [5.41, 5.74) is 3.18. The van der Waals surface area contributed by atoms with E-state index in [0.29, 0.717) is 17.8 Å². The van der Waals surface area contributed by atoms with Gasteiger partial charge in [0.15, 0.2) is 6.10 Å². The number of para-hydroxylation sites is 1. The molecular formula is C19H23N3O4. The van der Waals surface area contributed by atoms with Gasteiger partial charge in [0.2, 0.25) is 0 Å². The fraction of sp³-hybridized carbons (Fsp3) is 0.421. The first-order valence-corrected chi connectivity index (χ1v) is 8.59. The zero-order valence-corrected chi connectivity index (χ0v) is 15.4. The summed E-state index contributed by atoms with van der Waals surface area (Å²) in [4.78, 5) is 24.8. The van der Waals surface area contributed by atoms with Crippen LogP contribution >= 0.6 is 0 Å². The maximum Gasteiger partial charge on any atom is 0.313 e. The van der Waals surface area contributed by atoms with E-state index in [1.165, 1.54) is 0 Å². The Bertz CT molecular complexity index is 843. The molecule has 7 nitrogen and oxygen atoms in total. The van der Waals surface area contributed by atoms with Gasteiger partial charge >= 0.3 is 5.97 Å². The van der Waals surface area contributed by atoms with Gasteiger partial charge in [-0.25, -0.2) is 0 Å². The van der Waals surface area contributed by atoms with Crippen molar-refractivity contribution < 1.29 is 19.1 Å². The van der Waals surface area contributed by atoms with Crippen LogP contribution in [0.15, 0.2) is 24.3 Å². The first-order chi connectivity index (χ1) is 12.4. The lowest BCUT2D eigenvalue weighted by molar-refractivity contribution is -0.158. The van der Waals surface area contributed by atoms with Gasteiger partial charge in [0.1, 0.15) is 12.4 Å². The second-order valence-electron chi connectivity index (χ2n) is 6.56. The Morgan fingerprint density at radius 2 is 2.08 bits per heavy atom. The Balaban J connectivity index is 1.60. The maximum absolute atomic E-state index is 12.4. The number of fused-ring (bicyclic) bond motifs is 1. The van der Waals surface area contributed by atoms with E-state index in [-0.39, 0.29) is 12.5 Å². The molecule has 1 N–H and O–H groups in total. The Morgan fingerprint density at radius 3 is 2.77 bits per heavy atom. The molecule has 1 amide bonds. The van der Waals surface area contributed by atoms with Crippen molar-refractivity contribution in [2.45, 2.75) is 33.3 Å². The van der Waals surface area contributed by atoms with Crippen molar-refractivity contribution in [3.8, 4) is 5.75 Å². The largest absolute Gasteiger partial charge is 0.492 e. The summed E-state index contributed by atoms with van der Waals surface area (Å²) in [6, 6.07) is 7.61. The quantitative estimate of drug-likeness (QED) is 0.848. The van der Waals surface area contributed by atoms with Crippen molar-refractivity contribution in [2.24, 2.45) is 13.0 Å². The molecule has 1 aliphatic heterocycles. The fourth-order valence-electron chi connectivity index (χ4n) is 2.98. The molecule has 2 aromatic rings. The van der Waals surface area contributed by atoms with Crippen LogP contribution < -0.4 is 10.1 Å². The van der Waals surface area contributed by atoms with Crippen LogP contribution in [-0.4, -0.2) is 34.4 Å². The molecule has 2 heterocycles. The highest BCUT2D eigenvalue weighted by molar-refractivity contribution is 5.96. The summed E-state index contributed by atoms with van der Waals surface area (Å²) < 4.78 is 12.7. The summed E-state index contributed by atoms with van der Waals surface area (Å²) in [7, 11) is 1.81. The monoisotopic (exact) mass is 357 g/mol. The van der Waals surface area contributed by atoms with Gasteiger partial charge in [-0.3, -0.25) is 14.3 Å². The standard InChI is InChI=1S/C19H23N3O4/c1-11-17(12(2)22(4)21-11)20-18(23)13(3)26-19(24)15-9-14-7-5-6-8-16(14)25-10-15/h5-8,13,15H,9-10H2,1-4H3,(H,20,23). The highest BCUT2D eigenvalue weighted by atomic mass is 16.6. The van der Waals surface area contributed by atoms with Crippen molar-refractivity contribution in [2.75, 3.05) is 11.9 Å². The average Bonchev–Trinajstić information content (AvgIpc) is 2.87. The van der Waals surface area contributed by atoms with Crippen LogP contribution in [0.1, 0.15) is 23.9 Å². The van der Waals surface area contributed by atoms with E-state index in [4.69, 9.17) is 9.47 Å². The Labute approximate surface area is 152 Å². The molecule has 0 bridgehead atoms. The molecule has 0 fully saturated rings. The van der Waals surface area contributed by atoms with Crippen LogP contribution in [0.5, 0.6) is 5.75 Å². The molecule has 3 rings (SSSR count). The normalized spacial score (nSPS) is 17.0. The molecule has 0 saturated heterocycles. The number of carbonyl (C=O) groups excluding carboxylic acids is 2. The molecule has 0 radical (unpaired) electrons. The number of rotatable bonds is 4. The van der Waals surface area contributed by atoms with E-state index in [0.717, 1.165) is 17.0 Å². The zero-order chi connectivity index (χ0) is 18.8. The van der Waals surface area contributed by atoms with E-state index < -0.39 is 18.0 Å². The summed E-state index contributed by atoms with van der Waals surface area (Å²) in [5, 5.41) is 7.05. The van der Waals surface area contributed by atoms with E-state index in [1.807, 2.05) is 45.2 Å². The maximum atomic E-state index is 12.4. The van der Waals surface area contributed by atoms with Crippen molar-refractivity contribution >= 4 is 17.6 Å². The minimum Gasteiger partial charge on any atom is -0.492 e. The molecule has 7 heteroatoms. The third kappa shape index (κ3) is 3.56. The third-order valence-corrected chi connectivity index (χ3v) is 4.63. The van der Waals surface area contributed by atoms with E-state index >= 15 is 0 Å². The summed E-state index contributed by atoms with van der Waals surface area (Å²) in [6.07, 6.45) is -0.358. The van der Waals surface area contributed by atoms with E-state index in [1.54, 1.807) is 11.6 Å². The number of esters is 1. The lowest BCUT2D eigenvalue weighted by atomic mass is 9.97. The van der Waals surface area contributed by atoms with E-state index in [2.05, 4.69) is 10.4 Å². The summed E-state index contributed by atoms with van der Waals surface area (Å²) in [5.74, 6) is -0.427. The molecule has 1 aliphatic rings. The highest BCUT2D eigenvalue weighted by Crippen LogP contribution is 2.27. The Morgan fingerprint density at radius 1 is 1.35 bits per heavy atom. The third-order valence-electron chi connectivity index (χ3n) is 4.63. The minimum atomic E-state index is -0.904. The van der Waals surface area contributed by atoms with Gasteiger partial charge in [0.05, 0.1) is 23.0 Å². The number of ether oxygens (including phenoxy) is 2. The van der Waals surface area contributed by atoms with Crippen molar-refractivity contribution in [3.63, 3.8) is 0 Å². The molecule has 26 heavy (non-hydrogen) atoms. The number of nitrogens with one attached hydrogen (secondary N) is 1. The van der Waals surface area contributed by atoms with Crippen LogP contribution in [0.2, 0.25) is 0 Å². The van der Waals surface area contributed by atoms with Crippen LogP contribution in [-0.2, 0) is 27.8 Å². The van der Waals surface area contributed by atoms with Crippen LogP contribution in [0.4, 0.5) is 5.69 Å². The van der Waals surface area contributed by atoms with Crippen molar-refractivity contribution in [1.82, 2.24) is 9.78 Å². The van der Waals surface area contributed by atoms with Gasteiger partial charge < -0.3 is 14.8 Å². The van der Waals surface area contributed by atoms with Gasteiger partial charge in [-0.15, -0.1) is 0 Å². The van der Waals surface area contributed by atoms with Crippen LogP contribution in [0.25, 0.3) is 0 Å². The number of amides is 1. The average molecular weight is 357 g/mol. The second kappa shape index (κ2) is 7.19. The molecule has 2 unspecified atom stereocenters. The Hall–Kier alpha value is -2.83. The molecule has 0 spiro atoms. The molecule has 0 aliphatic carbocycles. The van der Waals surface area contributed by atoms with Crippen LogP contribution in [0, 0.1) is 19.8 Å².